The molecule has 120 valence electrons. The summed E-state index contributed by atoms with van der Waals surface area (Å²) >= 11 is 0. The highest BCUT2D eigenvalue weighted by atomic mass is 16.6. The zero-order valence-corrected chi connectivity index (χ0v) is 12.9. The third kappa shape index (κ3) is 3.73. The van der Waals surface area contributed by atoms with E-state index in [1.807, 2.05) is 4.90 Å². The van der Waals surface area contributed by atoms with Gasteiger partial charge in [0.15, 0.2) is 0 Å². The summed E-state index contributed by atoms with van der Waals surface area (Å²) in [7, 11) is 0. The lowest BCUT2D eigenvalue weighted by Gasteiger charge is -2.32. The van der Waals surface area contributed by atoms with Crippen molar-refractivity contribution in [1.82, 2.24) is 5.48 Å². The van der Waals surface area contributed by atoms with E-state index in [1.54, 1.807) is 19.1 Å². The standard InChI is InChI=1S/C15H21N3O4/c1-3-22-16-15(19)12-6-7-13(14(9-12)18(20)21)17-8-4-5-11(2)10-17/h6-7,9,11H,3-5,8,10H2,1-2H3,(H,16,19)/t11-/m1/s1. The van der Waals surface area contributed by atoms with Gasteiger partial charge in [0, 0.05) is 24.7 Å². The number of hydrogen-bond donors (Lipinski definition) is 1. The van der Waals surface area contributed by atoms with Crippen molar-refractivity contribution < 1.29 is 14.6 Å². The van der Waals surface area contributed by atoms with Gasteiger partial charge in [-0.2, -0.15) is 0 Å². The Kier molecular flexibility index (Phi) is 5.32. The summed E-state index contributed by atoms with van der Waals surface area (Å²) in [4.78, 5) is 29.6. The lowest BCUT2D eigenvalue weighted by atomic mass is 9.99. The Balaban J connectivity index is 2.27. The molecule has 0 aromatic heterocycles. The van der Waals surface area contributed by atoms with Gasteiger partial charge in [0.05, 0.1) is 11.5 Å². The molecule has 22 heavy (non-hydrogen) atoms. The number of benzene rings is 1. The first-order chi connectivity index (χ1) is 10.5. The minimum absolute atomic E-state index is 0.0433. The second-order valence-electron chi connectivity index (χ2n) is 5.52. The Bertz CT molecular complexity index is 562. The van der Waals surface area contributed by atoms with Crippen LogP contribution in [0.5, 0.6) is 0 Å². The van der Waals surface area contributed by atoms with Crippen molar-refractivity contribution in [2.24, 2.45) is 5.92 Å². The van der Waals surface area contributed by atoms with Crippen molar-refractivity contribution >= 4 is 17.3 Å². The van der Waals surface area contributed by atoms with Crippen LogP contribution in [0.2, 0.25) is 0 Å². The summed E-state index contributed by atoms with van der Waals surface area (Å²) in [6.45, 7) is 5.81. The van der Waals surface area contributed by atoms with Gasteiger partial charge in [0.1, 0.15) is 5.69 Å². The summed E-state index contributed by atoms with van der Waals surface area (Å²) < 4.78 is 0. The largest absolute Gasteiger partial charge is 0.366 e. The van der Waals surface area contributed by atoms with Crippen LogP contribution in [0.3, 0.4) is 0 Å². The topological polar surface area (TPSA) is 84.7 Å². The number of carbonyl (C=O) groups excluding carboxylic acids is 1. The van der Waals surface area contributed by atoms with Gasteiger partial charge in [0.25, 0.3) is 11.6 Å². The molecule has 1 N–H and O–H groups in total. The average molecular weight is 307 g/mol. The fourth-order valence-electron chi connectivity index (χ4n) is 2.68. The molecular weight excluding hydrogens is 286 g/mol. The van der Waals surface area contributed by atoms with Gasteiger partial charge in [-0.1, -0.05) is 6.92 Å². The van der Waals surface area contributed by atoms with Gasteiger partial charge in [-0.3, -0.25) is 19.7 Å². The summed E-state index contributed by atoms with van der Waals surface area (Å²) in [5, 5.41) is 11.4. The van der Waals surface area contributed by atoms with Gasteiger partial charge in [-0.05, 0) is 37.8 Å². The number of nitro benzene ring substituents is 1. The lowest BCUT2D eigenvalue weighted by Crippen LogP contribution is -2.34. The number of nitrogens with one attached hydrogen (secondary N) is 1. The predicted molar refractivity (Wildman–Crippen MR) is 82.8 cm³/mol. The van der Waals surface area contributed by atoms with Crippen LogP contribution < -0.4 is 10.4 Å². The van der Waals surface area contributed by atoms with Crippen molar-refractivity contribution in [3.8, 4) is 0 Å². The highest BCUT2D eigenvalue weighted by Gasteiger charge is 2.25. The van der Waals surface area contributed by atoms with Crippen LogP contribution in [0.1, 0.15) is 37.0 Å². The number of amides is 1. The molecule has 7 nitrogen and oxygen atoms in total. The average Bonchev–Trinajstić information content (AvgIpc) is 2.52. The van der Waals surface area contributed by atoms with E-state index in [9.17, 15) is 14.9 Å². The number of piperidine rings is 1. The third-order valence-electron chi connectivity index (χ3n) is 3.74. The van der Waals surface area contributed by atoms with Crippen LogP contribution in [0.15, 0.2) is 18.2 Å². The molecule has 1 fully saturated rings. The summed E-state index contributed by atoms with van der Waals surface area (Å²) in [6, 6.07) is 4.55. The lowest BCUT2D eigenvalue weighted by molar-refractivity contribution is -0.384. The summed E-state index contributed by atoms with van der Waals surface area (Å²) in [5.41, 5.74) is 2.99. The molecule has 0 spiro atoms. The van der Waals surface area contributed by atoms with E-state index in [-0.39, 0.29) is 11.3 Å². The Morgan fingerprint density at radius 1 is 1.55 bits per heavy atom. The minimum Gasteiger partial charge on any atom is -0.366 e. The first kappa shape index (κ1) is 16.2. The first-order valence-corrected chi connectivity index (χ1v) is 7.48. The number of nitrogens with zero attached hydrogens (tertiary/aromatic N) is 2. The molecule has 1 atom stereocenters. The van der Waals surface area contributed by atoms with Crippen molar-refractivity contribution in [3.05, 3.63) is 33.9 Å². The number of hydrogen-bond acceptors (Lipinski definition) is 5. The number of rotatable bonds is 5. The van der Waals surface area contributed by atoms with E-state index in [0.717, 1.165) is 25.9 Å². The maximum Gasteiger partial charge on any atom is 0.293 e. The molecule has 1 aliphatic rings. The molecule has 1 saturated heterocycles. The normalized spacial score (nSPS) is 18.1. The van der Waals surface area contributed by atoms with Crippen LogP contribution >= 0.6 is 0 Å². The molecule has 1 aromatic carbocycles. The molecule has 0 radical (unpaired) electrons. The van der Waals surface area contributed by atoms with Crippen LogP contribution in [-0.4, -0.2) is 30.5 Å². The van der Waals surface area contributed by atoms with Crippen LogP contribution in [0, 0.1) is 16.0 Å². The van der Waals surface area contributed by atoms with Crippen LogP contribution in [0.4, 0.5) is 11.4 Å². The zero-order valence-electron chi connectivity index (χ0n) is 12.9. The Morgan fingerprint density at radius 3 is 2.95 bits per heavy atom. The second-order valence-corrected chi connectivity index (χ2v) is 5.52. The summed E-state index contributed by atoms with van der Waals surface area (Å²) in [6.07, 6.45) is 2.16. The molecule has 1 aromatic rings. The molecule has 2 rings (SSSR count). The number of carbonyl (C=O) groups is 1. The predicted octanol–water partition coefficient (Wildman–Crippen LogP) is 2.51. The van der Waals surface area contributed by atoms with E-state index in [1.165, 1.54) is 6.07 Å². The van der Waals surface area contributed by atoms with Crippen molar-refractivity contribution in [1.29, 1.82) is 0 Å². The van der Waals surface area contributed by atoms with E-state index in [4.69, 9.17) is 4.84 Å². The molecule has 0 aliphatic carbocycles. The molecule has 1 amide bonds. The Morgan fingerprint density at radius 2 is 2.32 bits per heavy atom. The van der Waals surface area contributed by atoms with E-state index in [0.29, 0.717) is 18.2 Å². The second kappa shape index (κ2) is 7.22. The van der Waals surface area contributed by atoms with Gasteiger partial charge >= 0.3 is 0 Å². The fourth-order valence-corrected chi connectivity index (χ4v) is 2.68. The zero-order chi connectivity index (χ0) is 16.1. The van der Waals surface area contributed by atoms with Crippen LogP contribution in [-0.2, 0) is 4.84 Å². The van der Waals surface area contributed by atoms with Gasteiger partial charge in [-0.25, -0.2) is 5.48 Å². The monoisotopic (exact) mass is 307 g/mol. The third-order valence-corrected chi connectivity index (χ3v) is 3.74. The fraction of sp³-hybridized carbons (Fsp3) is 0.533. The molecular formula is C15H21N3O4. The Hall–Kier alpha value is -2.15. The maximum absolute atomic E-state index is 11.8. The highest BCUT2D eigenvalue weighted by molar-refractivity contribution is 5.95. The number of anilines is 1. The molecule has 0 bridgehead atoms. The smallest absolute Gasteiger partial charge is 0.293 e. The number of nitro groups is 1. The minimum atomic E-state index is -0.483. The SMILES string of the molecule is CCONC(=O)c1ccc(N2CCC[C@@H](C)C2)c([N+](=O)[O-])c1. The van der Waals surface area contributed by atoms with E-state index in [2.05, 4.69) is 12.4 Å². The quantitative estimate of drug-likeness (QED) is 0.667. The van der Waals surface area contributed by atoms with E-state index < -0.39 is 10.8 Å². The molecule has 1 aliphatic heterocycles. The highest BCUT2D eigenvalue weighted by Crippen LogP contribution is 2.32. The molecule has 0 unspecified atom stereocenters. The Labute approximate surface area is 129 Å². The van der Waals surface area contributed by atoms with Crippen LogP contribution in [0.25, 0.3) is 0 Å². The van der Waals surface area contributed by atoms with Crippen molar-refractivity contribution in [3.63, 3.8) is 0 Å². The summed E-state index contributed by atoms with van der Waals surface area (Å²) in [5.74, 6) is 0.0257. The van der Waals surface area contributed by atoms with Gasteiger partial charge in [0.2, 0.25) is 0 Å². The molecule has 0 saturated carbocycles. The first-order valence-electron chi connectivity index (χ1n) is 7.48. The van der Waals surface area contributed by atoms with Crippen molar-refractivity contribution in [2.75, 3.05) is 24.6 Å². The van der Waals surface area contributed by atoms with Gasteiger partial charge < -0.3 is 4.90 Å². The van der Waals surface area contributed by atoms with E-state index >= 15 is 0 Å². The van der Waals surface area contributed by atoms with Crippen molar-refractivity contribution in [2.45, 2.75) is 26.7 Å². The molecule has 7 heteroatoms. The van der Waals surface area contributed by atoms with Gasteiger partial charge in [-0.15, -0.1) is 0 Å². The maximum atomic E-state index is 11.8. The number of hydroxylamine groups is 1. The molecule has 1 heterocycles.